The van der Waals surface area contributed by atoms with E-state index in [-0.39, 0.29) is 30.6 Å². The number of esters is 1. The summed E-state index contributed by atoms with van der Waals surface area (Å²) >= 11 is 0. The third-order valence-corrected chi connectivity index (χ3v) is 20.8. The largest absolute Gasteiger partial charge is 0.432 e. The van der Waals surface area contributed by atoms with Crippen molar-refractivity contribution >= 4 is 5.97 Å². The van der Waals surface area contributed by atoms with Crippen LogP contribution in [0.25, 0.3) is 0 Å². The van der Waals surface area contributed by atoms with Crippen molar-refractivity contribution in [2.45, 2.75) is 222 Å². The van der Waals surface area contributed by atoms with Crippen molar-refractivity contribution in [3.63, 3.8) is 0 Å². The highest BCUT2D eigenvalue weighted by Crippen LogP contribution is 2.76. The first-order valence-corrected chi connectivity index (χ1v) is 27.0. The average molecular weight is 1090 g/mol. The maximum Gasteiger partial charge on any atom is 0.317 e. The second-order valence-electron chi connectivity index (χ2n) is 25.4. The molecule has 8 fully saturated rings. The van der Waals surface area contributed by atoms with E-state index in [9.17, 15) is 76.6 Å². The van der Waals surface area contributed by atoms with E-state index in [1.54, 1.807) is 0 Å². The van der Waals surface area contributed by atoms with Gasteiger partial charge in [-0.25, -0.2) is 0 Å². The van der Waals surface area contributed by atoms with E-state index >= 15 is 4.79 Å². The molecule has 0 spiro atoms. The Morgan fingerprint density at radius 1 is 0.618 bits per heavy atom. The summed E-state index contributed by atoms with van der Waals surface area (Å²) in [5.74, 6) is -2.14. The lowest BCUT2D eigenvalue weighted by Crippen LogP contribution is -2.71. The molecule has 4 aliphatic heterocycles. The molecule has 0 bridgehead atoms. The van der Waals surface area contributed by atoms with Gasteiger partial charge in [0.2, 0.25) is 6.29 Å². The lowest BCUT2D eigenvalue weighted by atomic mass is 9.33. The molecule has 5 aliphatic carbocycles. The zero-order valence-electron chi connectivity index (χ0n) is 44.0. The summed E-state index contributed by atoms with van der Waals surface area (Å²) in [6.45, 7) is 9.08. The molecule has 0 aromatic rings. The van der Waals surface area contributed by atoms with Crippen molar-refractivity contribution in [2.75, 3.05) is 33.0 Å². The SMILES string of the molecule is C[C@@H]1O[C@@H](O[C@H]2[C@H](OC(=O)[C@]34CCC(C)(C)C[C@H]3C3=CC[C@@H]5[C@@]6(C)C[C@H](O)[C@H](O[C@@H]7O[C@H](CO)[C@@H](O)[C@H](O)[C@H]7O)C(CO)(CO)[C@@H]6CC[C@@]5(C)[C@]3(C)C[C@H]4O)OC[C@H](O)[C@@H]2O)[C@H](O)[C@H](O)[C@H]1O[C@@H]1OC[C@@H](O)[C@H](O)[C@H]1O. The number of fused-ring (bicyclic) bond motifs is 7. The average Bonchev–Trinajstić information content (AvgIpc) is 3.56. The minimum atomic E-state index is -1.91. The lowest BCUT2D eigenvalue weighted by Gasteiger charge is -2.72. The standard InChI is InChI=1S/C52H84O24/c1-21-39(73-42-36(65)31(60)25(57)17-69-42)35(64)38(67)43(71-21)74-40-32(61)26(58)18-70-45(40)76-46(68)52-12-11-47(2,3)13-23(52)22-7-8-28-48(4)14-24(56)41(75-44-37(66)34(63)33(62)27(16-53)72-44)51(19-54,20-55)29(48)9-10-49(28,5)50(22,6)15-30(52)59/h7,21,23-45,53-67H,8-20H2,1-6H3/t21-,23-,24-,25+,26-,27+,28+,29+,30+,31-,32-,33+,34-,35-,36+,37+,38+,39-,40+,41-,42-,43-,44-,45-,48+,49+,50+,52+/m0/s1. The van der Waals surface area contributed by atoms with Gasteiger partial charge >= 0.3 is 5.97 Å². The fourth-order valence-corrected chi connectivity index (χ4v) is 16.2. The van der Waals surface area contributed by atoms with Gasteiger partial charge in [-0.3, -0.25) is 4.79 Å². The molecule has 9 rings (SSSR count). The van der Waals surface area contributed by atoms with E-state index in [0.717, 1.165) is 5.57 Å². The van der Waals surface area contributed by atoms with Gasteiger partial charge in [-0.2, -0.15) is 0 Å². The van der Waals surface area contributed by atoms with Crippen molar-refractivity contribution in [3.8, 4) is 0 Å². The summed E-state index contributed by atoms with van der Waals surface area (Å²) in [6, 6.07) is 0. The Balaban J connectivity index is 0.971. The molecule has 0 amide bonds. The molecule has 0 unspecified atom stereocenters. The Hall–Kier alpha value is -1.67. The van der Waals surface area contributed by atoms with Crippen molar-refractivity contribution in [3.05, 3.63) is 11.6 Å². The number of carbonyl (C=O) groups excluding carboxylic acids is 1. The number of ether oxygens (including phenoxy) is 8. The number of hydrogen-bond donors (Lipinski definition) is 15. The van der Waals surface area contributed by atoms with E-state index in [4.69, 9.17) is 37.9 Å². The van der Waals surface area contributed by atoms with Crippen LogP contribution in [-0.2, 0) is 42.7 Å². The van der Waals surface area contributed by atoms with Crippen LogP contribution in [0.15, 0.2) is 11.6 Å². The fourth-order valence-electron chi connectivity index (χ4n) is 16.2. The maximum atomic E-state index is 15.3. The first-order chi connectivity index (χ1) is 35.6. The second kappa shape index (κ2) is 21.3. The van der Waals surface area contributed by atoms with Crippen LogP contribution in [0.5, 0.6) is 0 Å². The van der Waals surface area contributed by atoms with Crippen LogP contribution in [0, 0.1) is 50.2 Å². The zero-order valence-corrected chi connectivity index (χ0v) is 44.0. The van der Waals surface area contributed by atoms with Gasteiger partial charge in [-0.05, 0) is 97.7 Å². The summed E-state index contributed by atoms with van der Waals surface area (Å²) in [7, 11) is 0. The molecule has 0 radical (unpaired) electrons. The Morgan fingerprint density at radius 2 is 1.22 bits per heavy atom. The first kappa shape index (κ1) is 59.0. The molecule has 15 N–H and O–H groups in total. The molecule has 0 aromatic carbocycles. The summed E-state index contributed by atoms with van der Waals surface area (Å²) in [5, 5.41) is 165. The Kier molecular flexibility index (Phi) is 16.5. The Morgan fingerprint density at radius 3 is 1.88 bits per heavy atom. The molecule has 436 valence electrons. The molecule has 24 heteroatoms. The van der Waals surface area contributed by atoms with Crippen LogP contribution < -0.4 is 0 Å². The monoisotopic (exact) mass is 1090 g/mol. The van der Waals surface area contributed by atoms with Gasteiger partial charge in [-0.1, -0.05) is 46.3 Å². The molecule has 24 nitrogen and oxygen atoms in total. The topological polar surface area (TPSA) is 394 Å². The van der Waals surface area contributed by atoms with E-state index in [0.29, 0.717) is 32.1 Å². The molecule has 76 heavy (non-hydrogen) atoms. The minimum Gasteiger partial charge on any atom is -0.432 e. The van der Waals surface area contributed by atoms with Gasteiger partial charge in [-0.15, -0.1) is 0 Å². The van der Waals surface area contributed by atoms with Gasteiger partial charge in [0.15, 0.2) is 25.0 Å². The van der Waals surface area contributed by atoms with Gasteiger partial charge in [0, 0.05) is 5.41 Å². The van der Waals surface area contributed by atoms with Crippen LogP contribution in [0.2, 0.25) is 0 Å². The molecule has 28 atom stereocenters. The van der Waals surface area contributed by atoms with E-state index in [1.807, 2.05) is 6.92 Å². The van der Waals surface area contributed by atoms with Crippen LogP contribution in [0.3, 0.4) is 0 Å². The smallest absolute Gasteiger partial charge is 0.317 e. The molecule has 9 aliphatic rings. The zero-order chi connectivity index (χ0) is 55.6. The summed E-state index contributed by atoms with van der Waals surface area (Å²) in [6.07, 6.45) is -28.2. The highest BCUT2D eigenvalue weighted by atomic mass is 16.8. The third kappa shape index (κ3) is 9.17. The predicted octanol–water partition coefficient (Wildman–Crippen LogP) is -3.84. The number of aliphatic hydroxyl groups is 15. The third-order valence-electron chi connectivity index (χ3n) is 20.8. The van der Waals surface area contributed by atoms with E-state index in [1.165, 1.54) is 6.92 Å². The summed E-state index contributed by atoms with van der Waals surface area (Å²) in [4.78, 5) is 15.3. The highest BCUT2D eigenvalue weighted by molar-refractivity contribution is 5.80. The minimum absolute atomic E-state index is 0.103. The van der Waals surface area contributed by atoms with Crippen molar-refractivity contribution in [1.82, 2.24) is 0 Å². The highest BCUT2D eigenvalue weighted by Gasteiger charge is 2.74. The van der Waals surface area contributed by atoms with Gasteiger partial charge in [0.1, 0.15) is 78.7 Å². The first-order valence-electron chi connectivity index (χ1n) is 27.0. The van der Waals surface area contributed by atoms with Crippen LogP contribution >= 0.6 is 0 Å². The van der Waals surface area contributed by atoms with E-state index < -0.39 is 207 Å². The fraction of sp³-hybridized carbons (Fsp3) is 0.942. The lowest BCUT2D eigenvalue weighted by molar-refractivity contribution is -0.369. The van der Waals surface area contributed by atoms with Gasteiger partial charge in [0.25, 0.3) is 0 Å². The van der Waals surface area contributed by atoms with Gasteiger partial charge in [0.05, 0.1) is 57.5 Å². The van der Waals surface area contributed by atoms with Crippen LogP contribution in [-0.4, -0.2) is 245 Å². The Bertz CT molecular complexity index is 2090. The molecular weight excluding hydrogens is 1010 g/mol. The van der Waals surface area contributed by atoms with Crippen LogP contribution in [0.1, 0.15) is 92.9 Å². The van der Waals surface area contributed by atoms with Crippen molar-refractivity contribution in [1.29, 1.82) is 0 Å². The number of hydrogen-bond acceptors (Lipinski definition) is 24. The number of aliphatic hydroxyl groups excluding tert-OH is 15. The van der Waals surface area contributed by atoms with Crippen molar-refractivity contribution < 1.29 is 119 Å². The molecular formula is C52H84O24. The molecule has 4 heterocycles. The van der Waals surface area contributed by atoms with Crippen LogP contribution in [0.4, 0.5) is 0 Å². The molecule has 0 aromatic heterocycles. The van der Waals surface area contributed by atoms with Crippen molar-refractivity contribution in [2.24, 2.45) is 50.2 Å². The predicted molar refractivity (Wildman–Crippen MR) is 255 cm³/mol. The Labute approximate surface area is 441 Å². The summed E-state index contributed by atoms with van der Waals surface area (Å²) < 4.78 is 47.0. The number of allylic oxidation sites excluding steroid dienone is 2. The quantitative estimate of drug-likeness (QED) is 0.0535. The summed E-state index contributed by atoms with van der Waals surface area (Å²) in [5.41, 5.74) is -4.60. The number of carbonyl (C=O) groups is 1. The second-order valence-corrected chi connectivity index (χ2v) is 25.4. The molecule has 4 saturated carbocycles. The maximum absolute atomic E-state index is 15.3. The van der Waals surface area contributed by atoms with Gasteiger partial charge < -0.3 is 114 Å². The molecule has 4 saturated heterocycles. The number of rotatable bonds is 11. The van der Waals surface area contributed by atoms with E-state index in [2.05, 4.69) is 33.8 Å². The normalized spacial score (nSPS) is 54.0.